The van der Waals surface area contributed by atoms with E-state index in [0.717, 1.165) is 47.6 Å². The highest BCUT2D eigenvalue weighted by Crippen LogP contribution is 2.38. The standard InChI is InChI=1S/C34H40N2O3S/c37-24-4-7-33(27-5-2-1-3-6-27)34(29-12-14-30(15-13-29)35-40(38,39)32-18-19-32)28-10-8-25(9-11-28)26-20-22-36(23-21-26)31-16-17-31/h1-3,5-6,8-15,26,31-32,35,37H,4,7,16-24H2/b34-33+. The Hall–Kier alpha value is -2.93. The van der Waals surface area contributed by atoms with Gasteiger partial charge in [0.05, 0.1) is 5.25 Å². The highest BCUT2D eigenvalue weighted by molar-refractivity contribution is 7.93. The van der Waals surface area contributed by atoms with E-state index in [2.05, 4.69) is 58.2 Å². The molecular weight excluding hydrogens is 516 g/mol. The van der Waals surface area contributed by atoms with Crippen LogP contribution in [0.1, 0.15) is 79.5 Å². The predicted octanol–water partition coefficient (Wildman–Crippen LogP) is 6.66. The van der Waals surface area contributed by atoms with Crippen LogP contribution in [0.3, 0.4) is 0 Å². The fourth-order valence-electron chi connectivity index (χ4n) is 6.11. The smallest absolute Gasteiger partial charge is 0.235 e. The molecule has 0 aromatic heterocycles. The summed E-state index contributed by atoms with van der Waals surface area (Å²) < 4.78 is 27.7. The number of rotatable bonds is 11. The summed E-state index contributed by atoms with van der Waals surface area (Å²) in [5, 5.41) is 9.47. The van der Waals surface area contributed by atoms with Gasteiger partial charge in [-0.3, -0.25) is 4.72 Å². The van der Waals surface area contributed by atoms with E-state index in [1.165, 1.54) is 49.9 Å². The lowest BCUT2D eigenvalue weighted by Crippen LogP contribution is -2.34. The quantitative estimate of drug-likeness (QED) is 0.259. The molecule has 2 saturated carbocycles. The molecular formula is C34H40N2O3S. The second-order valence-corrected chi connectivity index (χ2v) is 13.6. The Bertz CT molecular complexity index is 1420. The van der Waals surface area contributed by atoms with Crippen molar-refractivity contribution in [1.82, 2.24) is 4.90 Å². The van der Waals surface area contributed by atoms with Gasteiger partial charge in [0, 0.05) is 18.3 Å². The molecule has 210 valence electrons. The minimum atomic E-state index is -3.31. The SMILES string of the molecule is O=S(=O)(Nc1ccc(/C(=C(\CCCO)c2ccccc2)c2ccc(C3CCN(C4CC4)CC3)cc2)cc1)C1CC1. The number of allylic oxidation sites excluding steroid dienone is 1. The Balaban J connectivity index is 1.33. The number of aliphatic hydroxyl groups excluding tert-OH is 1. The average Bonchev–Trinajstić information content (AvgIpc) is 3.90. The summed E-state index contributed by atoms with van der Waals surface area (Å²) in [5.74, 6) is 0.609. The third kappa shape index (κ3) is 6.35. The molecule has 3 aromatic carbocycles. The van der Waals surface area contributed by atoms with Crippen LogP contribution >= 0.6 is 0 Å². The molecule has 1 heterocycles. The zero-order valence-corrected chi connectivity index (χ0v) is 24.0. The maximum atomic E-state index is 12.5. The molecule has 3 aliphatic rings. The van der Waals surface area contributed by atoms with Crippen molar-refractivity contribution in [1.29, 1.82) is 0 Å². The minimum absolute atomic E-state index is 0.129. The van der Waals surface area contributed by atoms with Gasteiger partial charge in [0.1, 0.15) is 0 Å². The van der Waals surface area contributed by atoms with Gasteiger partial charge in [-0.2, -0.15) is 0 Å². The van der Waals surface area contributed by atoms with E-state index < -0.39 is 10.0 Å². The van der Waals surface area contributed by atoms with Crippen molar-refractivity contribution in [2.24, 2.45) is 0 Å². The van der Waals surface area contributed by atoms with Crippen LogP contribution < -0.4 is 4.72 Å². The molecule has 0 unspecified atom stereocenters. The lowest BCUT2D eigenvalue weighted by molar-refractivity contribution is 0.203. The molecule has 0 radical (unpaired) electrons. The summed E-state index contributed by atoms with van der Waals surface area (Å²) in [6.45, 7) is 2.54. The Morgan fingerprint density at radius 1 is 0.775 bits per heavy atom. The first-order valence-electron chi connectivity index (χ1n) is 14.9. The summed E-state index contributed by atoms with van der Waals surface area (Å²) >= 11 is 0. The van der Waals surface area contributed by atoms with E-state index in [0.29, 0.717) is 18.0 Å². The Morgan fingerprint density at radius 2 is 1.40 bits per heavy atom. The first-order chi connectivity index (χ1) is 19.5. The summed E-state index contributed by atoms with van der Waals surface area (Å²) in [7, 11) is -3.31. The Kier molecular flexibility index (Phi) is 8.10. The van der Waals surface area contributed by atoms with Crippen LogP contribution in [-0.4, -0.2) is 49.4 Å². The second-order valence-electron chi connectivity index (χ2n) is 11.6. The van der Waals surface area contributed by atoms with E-state index in [9.17, 15) is 13.5 Å². The Labute approximate surface area is 239 Å². The van der Waals surface area contributed by atoms with Crippen LogP contribution in [0.25, 0.3) is 11.1 Å². The maximum Gasteiger partial charge on any atom is 0.235 e. The topological polar surface area (TPSA) is 69.6 Å². The number of aliphatic hydroxyl groups is 1. The number of nitrogens with zero attached hydrogens (tertiary/aromatic N) is 1. The van der Waals surface area contributed by atoms with E-state index >= 15 is 0 Å². The molecule has 0 amide bonds. The predicted molar refractivity (Wildman–Crippen MR) is 164 cm³/mol. The number of benzene rings is 3. The number of piperidine rings is 1. The number of nitrogens with one attached hydrogen (secondary N) is 1. The summed E-state index contributed by atoms with van der Waals surface area (Å²) in [4.78, 5) is 2.67. The maximum absolute atomic E-state index is 12.5. The fraction of sp³-hybridized carbons (Fsp3) is 0.412. The van der Waals surface area contributed by atoms with Gasteiger partial charge in [-0.1, -0.05) is 66.7 Å². The van der Waals surface area contributed by atoms with E-state index in [4.69, 9.17) is 0 Å². The van der Waals surface area contributed by atoms with Gasteiger partial charge in [0.25, 0.3) is 0 Å². The molecule has 0 bridgehead atoms. The van der Waals surface area contributed by atoms with Crippen molar-refractivity contribution in [3.8, 4) is 0 Å². The first-order valence-corrected chi connectivity index (χ1v) is 16.4. The van der Waals surface area contributed by atoms with Gasteiger partial charge < -0.3 is 10.0 Å². The third-order valence-electron chi connectivity index (χ3n) is 8.67. The highest BCUT2D eigenvalue weighted by Gasteiger charge is 2.35. The fourth-order valence-corrected chi connectivity index (χ4v) is 7.50. The van der Waals surface area contributed by atoms with Crippen molar-refractivity contribution in [2.45, 2.75) is 68.6 Å². The van der Waals surface area contributed by atoms with Crippen molar-refractivity contribution in [2.75, 3.05) is 24.4 Å². The molecule has 0 atom stereocenters. The first kappa shape index (κ1) is 27.3. The lowest BCUT2D eigenvalue weighted by atomic mass is 9.85. The van der Waals surface area contributed by atoms with Crippen LogP contribution in [0.15, 0.2) is 78.9 Å². The summed E-state index contributed by atoms with van der Waals surface area (Å²) in [6, 6.07) is 28.1. The third-order valence-corrected chi connectivity index (χ3v) is 10.5. The number of hydrogen-bond donors (Lipinski definition) is 2. The number of sulfonamides is 1. The average molecular weight is 557 g/mol. The van der Waals surface area contributed by atoms with Gasteiger partial charge >= 0.3 is 0 Å². The van der Waals surface area contributed by atoms with Crippen molar-refractivity contribution in [3.05, 3.63) is 101 Å². The Morgan fingerprint density at radius 3 is 1.98 bits per heavy atom. The molecule has 3 fully saturated rings. The van der Waals surface area contributed by atoms with Gasteiger partial charge in [0.2, 0.25) is 10.0 Å². The zero-order valence-electron chi connectivity index (χ0n) is 23.1. The molecule has 2 N–H and O–H groups in total. The molecule has 2 aliphatic carbocycles. The van der Waals surface area contributed by atoms with Crippen molar-refractivity contribution < 1.29 is 13.5 Å². The summed E-state index contributed by atoms with van der Waals surface area (Å²) in [5.41, 5.74) is 7.65. The normalized spacial score (nSPS) is 19.3. The highest BCUT2D eigenvalue weighted by atomic mass is 32.2. The van der Waals surface area contributed by atoms with Crippen LogP contribution in [0.2, 0.25) is 0 Å². The van der Waals surface area contributed by atoms with Crippen LogP contribution in [0.4, 0.5) is 5.69 Å². The molecule has 40 heavy (non-hydrogen) atoms. The number of anilines is 1. The van der Waals surface area contributed by atoms with Crippen molar-refractivity contribution in [3.63, 3.8) is 0 Å². The largest absolute Gasteiger partial charge is 0.396 e. The summed E-state index contributed by atoms with van der Waals surface area (Å²) in [6.07, 6.45) is 8.09. The molecule has 0 spiro atoms. The van der Waals surface area contributed by atoms with Gasteiger partial charge in [-0.15, -0.1) is 0 Å². The van der Waals surface area contributed by atoms with Gasteiger partial charge in [-0.25, -0.2) is 8.42 Å². The van der Waals surface area contributed by atoms with E-state index in [1.807, 2.05) is 30.3 Å². The molecule has 1 saturated heterocycles. The van der Waals surface area contributed by atoms with Crippen LogP contribution in [0.5, 0.6) is 0 Å². The molecule has 6 heteroatoms. The van der Waals surface area contributed by atoms with Crippen molar-refractivity contribution >= 4 is 26.9 Å². The van der Waals surface area contributed by atoms with Crippen LogP contribution in [-0.2, 0) is 10.0 Å². The molecule has 6 rings (SSSR count). The van der Waals surface area contributed by atoms with Crippen LogP contribution in [0, 0.1) is 0 Å². The molecule has 3 aromatic rings. The van der Waals surface area contributed by atoms with Gasteiger partial charge in [0.15, 0.2) is 0 Å². The molecule has 5 nitrogen and oxygen atoms in total. The minimum Gasteiger partial charge on any atom is -0.396 e. The monoisotopic (exact) mass is 556 g/mol. The zero-order chi connectivity index (χ0) is 27.5. The second kappa shape index (κ2) is 11.9. The van der Waals surface area contributed by atoms with E-state index in [1.54, 1.807) is 0 Å². The number of likely N-dealkylation sites (tertiary alicyclic amines) is 1. The van der Waals surface area contributed by atoms with E-state index in [-0.39, 0.29) is 11.9 Å². The molecule has 1 aliphatic heterocycles. The number of hydrogen-bond acceptors (Lipinski definition) is 4. The lowest BCUT2D eigenvalue weighted by Gasteiger charge is -2.32. The van der Waals surface area contributed by atoms with Gasteiger partial charge in [-0.05, 0) is 116 Å².